The first kappa shape index (κ1) is 56.8. The van der Waals surface area contributed by atoms with Crippen molar-refractivity contribution in [3.63, 3.8) is 0 Å². The van der Waals surface area contributed by atoms with E-state index in [1.54, 1.807) is 82.5 Å². The van der Waals surface area contributed by atoms with Gasteiger partial charge in [0.05, 0.1) is 41.0 Å². The van der Waals surface area contributed by atoms with Crippen molar-refractivity contribution in [3.8, 4) is 11.5 Å². The molecular weight excluding hydrogens is 1010 g/mol. The molecule has 2 fully saturated rings. The minimum absolute atomic E-state index is 0.0209. The molecule has 3 heterocycles. The first-order valence-corrected chi connectivity index (χ1v) is 27.2. The third kappa shape index (κ3) is 15.6. The summed E-state index contributed by atoms with van der Waals surface area (Å²) in [6.45, 7) is 6.79. The van der Waals surface area contributed by atoms with Crippen LogP contribution in [0.15, 0.2) is 90.3 Å². The number of benzene rings is 3. The number of aldehydes is 1. The second-order valence-corrected chi connectivity index (χ2v) is 22.2. The third-order valence-electron chi connectivity index (χ3n) is 12.8. The van der Waals surface area contributed by atoms with E-state index in [1.165, 1.54) is 19.2 Å². The summed E-state index contributed by atoms with van der Waals surface area (Å²) in [7, 11) is 16.8. The highest BCUT2D eigenvalue weighted by molar-refractivity contribution is 8.77. The van der Waals surface area contributed by atoms with Crippen molar-refractivity contribution in [3.05, 3.63) is 113 Å². The van der Waals surface area contributed by atoms with Crippen LogP contribution < -0.4 is 30.4 Å². The molecule has 7 rings (SSSR count). The topological polar surface area (TPSA) is 218 Å². The number of hydrogen-bond donors (Lipinski definition) is 3. The van der Waals surface area contributed by atoms with Crippen LogP contribution in [0.5, 0.6) is 11.5 Å². The van der Waals surface area contributed by atoms with Gasteiger partial charge in [0, 0.05) is 135 Å². The molecule has 1 aromatic heterocycles. The monoisotopic (exact) mass is 1070 g/mol. The smallest absolute Gasteiger partial charge is 0.332 e. The molecule has 4 radical (unpaired) electrons. The van der Waals surface area contributed by atoms with Gasteiger partial charge in [-0.1, -0.05) is 38.9 Å². The number of rotatable bonds is 23. The molecule has 1 saturated carbocycles. The summed E-state index contributed by atoms with van der Waals surface area (Å²) in [5.74, 6) is -2.12. The number of ether oxygens (including phenoxy) is 2. The van der Waals surface area contributed by atoms with E-state index < -0.39 is 45.4 Å². The Labute approximate surface area is 451 Å². The van der Waals surface area contributed by atoms with Gasteiger partial charge in [0.1, 0.15) is 23.6 Å². The summed E-state index contributed by atoms with van der Waals surface area (Å²) in [5, 5.41) is 9.46. The van der Waals surface area contributed by atoms with Crippen LogP contribution in [0, 0.1) is 11.7 Å². The minimum Gasteiger partial charge on any atom is -0.493 e. The lowest BCUT2D eigenvalue weighted by Crippen LogP contribution is -2.48. The number of hydrazone groups is 1. The number of pyridine rings is 1. The molecule has 396 valence electrons. The largest absolute Gasteiger partial charge is 0.493 e. The lowest BCUT2D eigenvalue weighted by Gasteiger charge is -2.36. The van der Waals surface area contributed by atoms with E-state index in [4.69, 9.17) is 30.0 Å². The van der Waals surface area contributed by atoms with Gasteiger partial charge in [-0.3, -0.25) is 29.0 Å². The number of nitrogens with one attached hydrogen (secondary N) is 3. The summed E-state index contributed by atoms with van der Waals surface area (Å²) < 4.78 is 26.3. The Hall–Kier alpha value is -6.87. The highest BCUT2D eigenvalue weighted by Crippen LogP contribution is 2.66. The molecule has 23 heteroatoms. The summed E-state index contributed by atoms with van der Waals surface area (Å²) >= 11 is 0. The number of nitrogens with zero attached hydrogens (tertiary/aromatic N) is 5. The molecule has 0 spiro atoms. The molecule has 2 atom stereocenters. The van der Waals surface area contributed by atoms with Crippen molar-refractivity contribution < 1.29 is 52.3 Å². The number of hydrogen-bond acceptors (Lipinski definition) is 15. The number of amides is 5. The van der Waals surface area contributed by atoms with Crippen LogP contribution in [0.1, 0.15) is 91.8 Å². The maximum absolute atomic E-state index is 15.1. The molecule has 1 aliphatic carbocycles. The van der Waals surface area contributed by atoms with Crippen LogP contribution in [0.25, 0.3) is 0 Å². The summed E-state index contributed by atoms with van der Waals surface area (Å²) in [6.07, 6.45) is 5.27. The Morgan fingerprint density at radius 3 is 2.50 bits per heavy atom. The molecule has 3 N–H and O–H groups in total. The van der Waals surface area contributed by atoms with E-state index in [0.717, 1.165) is 21.9 Å². The molecule has 2 aliphatic heterocycles. The van der Waals surface area contributed by atoms with Crippen LogP contribution in [-0.2, 0) is 40.1 Å². The molecule has 76 heavy (non-hydrogen) atoms. The van der Waals surface area contributed by atoms with E-state index in [0.29, 0.717) is 86.9 Å². The van der Waals surface area contributed by atoms with E-state index in [2.05, 4.69) is 31.0 Å². The summed E-state index contributed by atoms with van der Waals surface area (Å²) in [4.78, 5) is 99.7. The van der Waals surface area contributed by atoms with Crippen LogP contribution in [0.4, 0.5) is 15.8 Å². The highest BCUT2D eigenvalue weighted by atomic mass is 33.1. The number of aromatic nitrogens is 1. The number of hydroxylamine groups is 2. The van der Waals surface area contributed by atoms with Gasteiger partial charge in [-0.2, -0.15) is 10.2 Å². The van der Waals surface area contributed by atoms with Crippen LogP contribution in [0.2, 0.25) is 5.21 Å². The molecule has 4 aromatic rings. The van der Waals surface area contributed by atoms with Crippen molar-refractivity contribution >= 4 is 96.2 Å². The second kappa shape index (κ2) is 26.3. The standard InChI is InChI=1S/C53H59B2FN8O10S2/c1-52(2,31-44(66)61-60-42-18-27-73-43-30-39(16-17-40(42)43)72-26-6-9-47(69)74-62(3)45(67)8-5-25-65)76-75-28-19-46(68)64-23-21-63(22-24-64)38-14-11-34(12-15-38)50(70)58-33-35-10-13-37(29-41(35)56)59-51(71)49-48(53(49,54)55)36-7-4-20-57-32-36/h4,7,10-17,20,25,29-30,32,48-49H,5-6,8-9,18-19,21-24,26-28,31,33H2,1-3H3,(H,58,70)(H,59,71)(H,61,66)/b60-42+. The van der Waals surface area contributed by atoms with E-state index in [1.807, 2.05) is 30.9 Å². The normalized spacial score (nSPS) is 17.1. The zero-order valence-electron chi connectivity index (χ0n) is 42.6. The molecule has 2 unspecified atom stereocenters. The second-order valence-electron chi connectivity index (χ2n) is 19.1. The van der Waals surface area contributed by atoms with Gasteiger partial charge in [-0.15, -0.1) is 0 Å². The number of carbonyl (C=O) groups excluding carboxylic acids is 7. The highest BCUT2D eigenvalue weighted by Gasteiger charge is 2.60. The van der Waals surface area contributed by atoms with E-state index in [9.17, 15) is 33.6 Å². The van der Waals surface area contributed by atoms with Gasteiger partial charge in [0.25, 0.3) is 11.8 Å². The van der Waals surface area contributed by atoms with Gasteiger partial charge in [-0.05, 0) is 86.3 Å². The number of halogens is 1. The number of fused-ring (bicyclic) bond motifs is 1. The lowest BCUT2D eigenvalue weighted by molar-refractivity contribution is -0.192. The van der Waals surface area contributed by atoms with E-state index >= 15 is 4.39 Å². The van der Waals surface area contributed by atoms with Crippen molar-refractivity contribution in [2.24, 2.45) is 11.0 Å². The Kier molecular flexibility index (Phi) is 19.6. The average Bonchev–Trinajstić information content (AvgIpc) is 4.02. The zero-order valence-corrected chi connectivity index (χ0v) is 44.2. The molecule has 18 nitrogen and oxygen atoms in total. The van der Waals surface area contributed by atoms with Crippen molar-refractivity contribution in [2.45, 2.75) is 81.2 Å². The summed E-state index contributed by atoms with van der Waals surface area (Å²) in [5.41, 5.74) is 6.63. The van der Waals surface area contributed by atoms with Crippen molar-refractivity contribution in [2.75, 3.05) is 62.4 Å². The molecule has 3 aromatic carbocycles. The number of carbonyl (C=O) groups is 7. The number of anilines is 2. The molecule has 5 amide bonds. The number of piperazine rings is 1. The van der Waals surface area contributed by atoms with Gasteiger partial charge in [-0.25, -0.2) is 14.6 Å². The third-order valence-corrected chi connectivity index (χ3v) is 16.1. The van der Waals surface area contributed by atoms with Gasteiger partial charge < -0.3 is 39.5 Å². The van der Waals surface area contributed by atoms with Gasteiger partial charge in [0.15, 0.2) is 0 Å². The Morgan fingerprint density at radius 2 is 1.78 bits per heavy atom. The van der Waals surface area contributed by atoms with Crippen molar-refractivity contribution in [1.29, 1.82) is 0 Å². The molecule has 0 bridgehead atoms. The fourth-order valence-corrected chi connectivity index (χ4v) is 11.2. The predicted octanol–water partition coefficient (Wildman–Crippen LogP) is 5.90. The average molecular weight is 1070 g/mol. The summed E-state index contributed by atoms with van der Waals surface area (Å²) in [6, 6.07) is 20.2. The fourth-order valence-electron chi connectivity index (χ4n) is 8.68. The first-order valence-electron chi connectivity index (χ1n) is 24.9. The maximum Gasteiger partial charge on any atom is 0.332 e. The predicted molar refractivity (Wildman–Crippen MR) is 290 cm³/mol. The molecular formula is C53H59B2FN8O10S2. The fraction of sp³-hybridized carbons (Fsp3) is 0.415. The SMILES string of the molecule is [B]C1([B])C(C(=O)Nc2ccc(CNC(=O)c3ccc(N4CCN(C(=O)CCSSC(C)(C)CC(=O)N/N=C5\CCOc6cc(OCCCC(=O)ON(C)C(=O)CCC=O)ccc65)CC4)cc3)c(F)c2)C1c1cccnc1. The lowest BCUT2D eigenvalue weighted by atomic mass is 9.63. The van der Waals surface area contributed by atoms with Crippen LogP contribution in [0.3, 0.4) is 0 Å². The Morgan fingerprint density at radius 1 is 1.00 bits per heavy atom. The van der Waals surface area contributed by atoms with Crippen molar-refractivity contribution in [1.82, 2.24) is 25.7 Å². The molecule has 1 saturated heterocycles. The quantitative estimate of drug-likeness (QED) is 0.0259. The van der Waals surface area contributed by atoms with Crippen LogP contribution in [-0.4, -0.2) is 135 Å². The molecule has 3 aliphatic rings. The Balaban J connectivity index is 0.757. The zero-order chi connectivity index (χ0) is 54.4. The van der Waals surface area contributed by atoms with Gasteiger partial charge in [0.2, 0.25) is 17.7 Å². The van der Waals surface area contributed by atoms with E-state index in [-0.39, 0.29) is 67.8 Å². The minimum atomic E-state index is -1.25. The first-order chi connectivity index (χ1) is 36.4. The maximum atomic E-state index is 15.1. The van der Waals surface area contributed by atoms with Crippen LogP contribution >= 0.6 is 21.6 Å². The van der Waals surface area contributed by atoms with Gasteiger partial charge >= 0.3 is 5.97 Å². The Bertz CT molecular complexity index is 2790.